The summed E-state index contributed by atoms with van der Waals surface area (Å²) >= 11 is 0. The average Bonchev–Trinajstić information content (AvgIpc) is 2.42. The van der Waals surface area contributed by atoms with E-state index in [1.54, 1.807) is 0 Å². The molecular weight excluding hydrogens is 284 g/mol. The Morgan fingerprint density at radius 1 is 1.18 bits per heavy atom. The topological polar surface area (TPSA) is 9.23 Å². The Morgan fingerprint density at radius 3 is 2.18 bits per heavy atom. The smallest absolute Gasteiger partial charge is 0.192 e. The second-order valence-electron chi connectivity index (χ2n) is 8.79. The Kier molecular flexibility index (Phi) is 7.13. The van der Waals surface area contributed by atoms with Crippen molar-refractivity contribution >= 4 is 8.32 Å². The van der Waals surface area contributed by atoms with Crippen molar-refractivity contribution in [1.29, 1.82) is 0 Å². The molecule has 0 bridgehead atoms. The van der Waals surface area contributed by atoms with E-state index >= 15 is 0 Å². The van der Waals surface area contributed by atoms with Crippen molar-refractivity contribution in [3.8, 4) is 0 Å². The van der Waals surface area contributed by atoms with Crippen molar-refractivity contribution in [3.05, 3.63) is 24.3 Å². The van der Waals surface area contributed by atoms with Gasteiger partial charge in [-0.3, -0.25) is 0 Å². The molecule has 1 rings (SSSR count). The predicted octanol–water partition coefficient (Wildman–Crippen LogP) is 6.73. The fourth-order valence-corrected chi connectivity index (χ4v) is 4.32. The molecule has 1 saturated carbocycles. The van der Waals surface area contributed by atoms with Crippen LogP contribution in [0.3, 0.4) is 0 Å². The highest BCUT2D eigenvalue weighted by Gasteiger charge is 2.40. The van der Waals surface area contributed by atoms with Crippen LogP contribution in [-0.4, -0.2) is 14.4 Å². The summed E-state index contributed by atoms with van der Waals surface area (Å²) in [7, 11) is -1.76. The SMILES string of the molecule is C=C(C)[C@H](O[Si](C)(C)C(C)(C)C)[C@@H](C)/C=C/C1CCCCC1. The van der Waals surface area contributed by atoms with E-state index < -0.39 is 8.32 Å². The maximum Gasteiger partial charge on any atom is 0.192 e. The molecule has 0 radical (unpaired) electrons. The van der Waals surface area contributed by atoms with Gasteiger partial charge in [0.05, 0.1) is 6.10 Å². The highest BCUT2D eigenvalue weighted by Crippen LogP contribution is 2.39. The van der Waals surface area contributed by atoms with E-state index in [1.807, 2.05) is 0 Å². The first kappa shape index (κ1) is 19.7. The van der Waals surface area contributed by atoms with Crippen LogP contribution >= 0.6 is 0 Å². The van der Waals surface area contributed by atoms with Crippen LogP contribution in [-0.2, 0) is 4.43 Å². The van der Waals surface area contributed by atoms with E-state index in [-0.39, 0.29) is 11.1 Å². The predicted molar refractivity (Wildman–Crippen MR) is 102 cm³/mol. The lowest BCUT2D eigenvalue weighted by Gasteiger charge is -2.41. The minimum atomic E-state index is -1.76. The second-order valence-corrected chi connectivity index (χ2v) is 13.5. The molecule has 1 aliphatic carbocycles. The normalized spacial score (nSPS) is 21.0. The maximum absolute atomic E-state index is 6.65. The summed E-state index contributed by atoms with van der Waals surface area (Å²) in [5.41, 5.74) is 1.16. The largest absolute Gasteiger partial charge is 0.410 e. The van der Waals surface area contributed by atoms with Gasteiger partial charge in [0, 0.05) is 5.92 Å². The number of rotatable bonds is 6. The van der Waals surface area contributed by atoms with Gasteiger partial charge in [-0.1, -0.05) is 71.3 Å². The molecule has 1 fully saturated rings. The second kappa shape index (κ2) is 7.96. The van der Waals surface area contributed by atoms with Gasteiger partial charge in [0.1, 0.15) is 0 Å². The van der Waals surface area contributed by atoms with Gasteiger partial charge in [-0.2, -0.15) is 0 Å². The summed E-state index contributed by atoms with van der Waals surface area (Å²) in [5, 5.41) is 0.244. The van der Waals surface area contributed by atoms with Crippen LogP contribution < -0.4 is 0 Å². The van der Waals surface area contributed by atoms with Crippen molar-refractivity contribution in [2.24, 2.45) is 11.8 Å². The maximum atomic E-state index is 6.65. The monoisotopic (exact) mass is 322 g/mol. The van der Waals surface area contributed by atoms with Gasteiger partial charge in [0.15, 0.2) is 8.32 Å². The lowest BCUT2D eigenvalue weighted by molar-refractivity contribution is 0.178. The quantitative estimate of drug-likeness (QED) is 0.389. The molecule has 0 aliphatic heterocycles. The molecule has 0 aromatic carbocycles. The van der Waals surface area contributed by atoms with Crippen LogP contribution in [0.25, 0.3) is 0 Å². The Labute approximate surface area is 140 Å². The molecule has 2 atom stereocenters. The van der Waals surface area contributed by atoms with E-state index in [0.717, 1.165) is 11.5 Å². The lowest BCUT2D eigenvalue weighted by Crippen LogP contribution is -2.45. The van der Waals surface area contributed by atoms with Gasteiger partial charge < -0.3 is 4.43 Å². The number of hydrogen-bond donors (Lipinski definition) is 0. The molecule has 128 valence electrons. The molecule has 0 aromatic heterocycles. The molecule has 1 nitrogen and oxygen atoms in total. The average molecular weight is 323 g/mol. The third-order valence-electron chi connectivity index (χ3n) is 5.53. The molecule has 0 spiro atoms. The summed E-state index contributed by atoms with van der Waals surface area (Å²) in [5.74, 6) is 1.20. The molecule has 22 heavy (non-hydrogen) atoms. The third-order valence-corrected chi connectivity index (χ3v) is 9.98. The van der Waals surface area contributed by atoms with Crippen LogP contribution in [0.2, 0.25) is 18.1 Å². The van der Waals surface area contributed by atoms with Gasteiger partial charge in [-0.25, -0.2) is 0 Å². The standard InChI is InChI=1S/C20H38OSi/c1-16(2)19(21-22(7,8)20(4,5)6)17(3)14-15-18-12-10-9-11-13-18/h14-15,17-19H,1,9-13H2,2-8H3/b15-14+/t17-,19-/m0/s1. The first-order chi connectivity index (χ1) is 10.0. The Hall–Kier alpha value is -0.343. The van der Waals surface area contributed by atoms with E-state index in [4.69, 9.17) is 4.43 Å². The van der Waals surface area contributed by atoms with Gasteiger partial charge in [0.25, 0.3) is 0 Å². The number of allylic oxidation sites excluding steroid dienone is 1. The van der Waals surface area contributed by atoms with E-state index in [0.29, 0.717) is 5.92 Å². The van der Waals surface area contributed by atoms with Crippen molar-refractivity contribution < 1.29 is 4.43 Å². The van der Waals surface area contributed by atoms with Crippen LogP contribution in [0.1, 0.15) is 66.7 Å². The Bertz CT molecular complexity index is 383. The molecule has 0 N–H and O–H groups in total. The van der Waals surface area contributed by atoms with E-state index in [1.165, 1.54) is 32.1 Å². The van der Waals surface area contributed by atoms with Crippen molar-refractivity contribution in [1.82, 2.24) is 0 Å². The van der Waals surface area contributed by atoms with Crippen molar-refractivity contribution in [3.63, 3.8) is 0 Å². The molecule has 0 saturated heterocycles. The zero-order chi connectivity index (χ0) is 17.0. The van der Waals surface area contributed by atoms with Gasteiger partial charge in [-0.05, 0) is 43.8 Å². The third kappa shape index (κ3) is 5.70. The van der Waals surface area contributed by atoms with Crippen LogP contribution in [0, 0.1) is 11.8 Å². The van der Waals surface area contributed by atoms with E-state index in [2.05, 4.69) is 66.4 Å². The fraction of sp³-hybridized carbons (Fsp3) is 0.800. The summed E-state index contributed by atoms with van der Waals surface area (Å²) < 4.78 is 6.65. The molecule has 0 unspecified atom stereocenters. The molecule has 2 heteroatoms. The Balaban J connectivity index is 2.73. The van der Waals surface area contributed by atoms with Gasteiger partial charge in [-0.15, -0.1) is 0 Å². The minimum absolute atomic E-state index is 0.153. The number of hydrogen-bond acceptors (Lipinski definition) is 1. The highest BCUT2D eigenvalue weighted by molar-refractivity contribution is 6.74. The molecule has 1 aliphatic rings. The van der Waals surface area contributed by atoms with Crippen molar-refractivity contribution in [2.45, 2.75) is 91.0 Å². The zero-order valence-corrected chi connectivity index (χ0v) is 17.0. The van der Waals surface area contributed by atoms with E-state index in [9.17, 15) is 0 Å². The van der Waals surface area contributed by atoms with Crippen molar-refractivity contribution in [2.75, 3.05) is 0 Å². The molecule has 0 aromatic rings. The fourth-order valence-electron chi connectivity index (χ4n) is 2.91. The summed E-state index contributed by atoms with van der Waals surface area (Å²) in [6, 6.07) is 0. The lowest BCUT2D eigenvalue weighted by atomic mass is 9.87. The van der Waals surface area contributed by atoms with Crippen LogP contribution in [0.15, 0.2) is 24.3 Å². The first-order valence-electron chi connectivity index (χ1n) is 9.06. The first-order valence-corrected chi connectivity index (χ1v) is 12.0. The van der Waals surface area contributed by atoms with Crippen LogP contribution in [0.5, 0.6) is 0 Å². The molecule has 0 heterocycles. The van der Waals surface area contributed by atoms with Gasteiger partial charge in [0.2, 0.25) is 0 Å². The summed E-state index contributed by atoms with van der Waals surface area (Å²) in [6.07, 6.45) is 11.9. The van der Waals surface area contributed by atoms with Gasteiger partial charge >= 0.3 is 0 Å². The summed E-state index contributed by atoms with van der Waals surface area (Å²) in [6.45, 7) is 20.2. The summed E-state index contributed by atoms with van der Waals surface area (Å²) in [4.78, 5) is 0. The highest BCUT2D eigenvalue weighted by atomic mass is 28.4. The molecule has 0 amide bonds. The van der Waals surface area contributed by atoms with Crippen LogP contribution in [0.4, 0.5) is 0 Å². The Morgan fingerprint density at radius 2 is 1.73 bits per heavy atom. The zero-order valence-electron chi connectivity index (χ0n) is 16.0. The minimum Gasteiger partial charge on any atom is -0.410 e. The molecular formula is C20H38OSi.